The predicted octanol–water partition coefficient (Wildman–Crippen LogP) is 5.29. The van der Waals surface area contributed by atoms with Crippen molar-refractivity contribution in [3.8, 4) is 0 Å². The molecule has 0 amide bonds. The van der Waals surface area contributed by atoms with Gasteiger partial charge in [-0.3, -0.25) is 4.79 Å². The number of nitrogens with one attached hydrogen (secondary N) is 1. The minimum atomic E-state index is -0.0528. The van der Waals surface area contributed by atoms with E-state index in [1.165, 1.54) is 18.4 Å². The minimum Gasteiger partial charge on any atom is -0.328 e. The summed E-state index contributed by atoms with van der Waals surface area (Å²) in [7, 11) is 0. The van der Waals surface area contributed by atoms with Gasteiger partial charge in [-0.15, -0.1) is 0 Å². The third-order valence-electron chi connectivity index (χ3n) is 4.49. The second-order valence-electron chi connectivity index (χ2n) is 5.86. The number of aromatic amines is 1. The Hall–Kier alpha value is -2.06. The zero-order valence-corrected chi connectivity index (χ0v) is 12.9. The molecule has 0 radical (unpaired) electrons. The Morgan fingerprint density at radius 1 is 1.05 bits per heavy atom. The van der Waals surface area contributed by atoms with Gasteiger partial charge in [0.2, 0.25) is 0 Å². The van der Waals surface area contributed by atoms with E-state index in [0.29, 0.717) is 5.02 Å². The molecule has 1 aliphatic carbocycles. The molecule has 0 saturated heterocycles. The molecule has 3 aromatic rings. The van der Waals surface area contributed by atoms with Gasteiger partial charge < -0.3 is 4.98 Å². The van der Waals surface area contributed by atoms with Crippen LogP contribution in [0.15, 0.2) is 47.4 Å². The fourth-order valence-electron chi connectivity index (χ4n) is 3.40. The van der Waals surface area contributed by atoms with E-state index in [1.807, 2.05) is 24.4 Å². The zero-order valence-electron chi connectivity index (χ0n) is 12.2. The summed E-state index contributed by atoms with van der Waals surface area (Å²) in [6, 6.07) is 9.83. The highest BCUT2D eigenvalue weighted by Gasteiger charge is 2.13. The molecule has 1 heterocycles. The average molecular weight is 310 g/mol. The Kier molecular flexibility index (Phi) is 3.27. The van der Waals surface area contributed by atoms with Crippen molar-refractivity contribution in [2.45, 2.75) is 25.7 Å². The van der Waals surface area contributed by atoms with E-state index < -0.39 is 0 Å². The van der Waals surface area contributed by atoms with Crippen LogP contribution in [0.2, 0.25) is 5.02 Å². The molecule has 2 nitrogen and oxygen atoms in total. The van der Waals surface area contributed by atoms with E-state index in [1.54, 1.807) is 0 Å². The van der Waals surface area contributed by atoms with Crippen LogP contribution in [0, 0.1) is 0 Å². The molecule has 3 heteroatoms. The SMILES string of the molecule is O=c1[nH]cc(C2=CCCCC2)c2ccc3ccc(Cl)cc3c12. The maximum atomic E-state index is 12.4. The Labute approximate surface area is 133 Å². The number of rotatable bonds is 1. The summed E-state index contributed by atoms with van der Waals surface area (Å²) in [6.45, 7) is 0. The van der Waals surface area contributed by atoms with Gasteiger partial charge >= 0.3 is 0 Å². The Bertz CT molecular complexity index is 968. The molecule has 0 spiro atoms. The first-order chi connectivity index (χ1) is 10.7. The van der Waals surface area contributed by atoms with Crippen molar-refractivity contribution in [2.75, 3.05) is 0 Å². The highest BCUT2D eigenvalue weighted by atomic mass is 35.5. The summed E-state index contributed by atoms with van der Waals surface area (Å²) in [5.74, 6) is 0. The van der Waals surface area contributed by atoms with Crippen molar-refractivity contribution in [2.24, 2.45) is 0 Å². The second kappa shape index (κ2) is 5.29. The average Bonchev–Trinajstić information content (AvgIpc) is 2.55. The molecule has 1 N–H and O–H groups in total. The molecule has 0 saturated carbocycles. The fraction of sp³-hybridized carbons (Fsp3) is 0.211. The fourth-order valence-corrected chi connectivity index (χ4v) is 3.57. The molecule has 110 valence electrons. The number of aromatic nitrogens is 1. The quantitative estimate of drug-likeness (QED) is 0.608. The number of H-pyrrole nitrogens is 1. The Balaban J connectivity index is 2.11. The molecule has 22 heavy (non-hydrogen) atoms. The van der Waals surface area contributed by atoms with Gasteiger partial charge in [0.05, 0.1) is 5.39 Å². The molecule has 0 bridgehead atoms. The molecule has 1 aliphatic rings. The zero-order chi connectivity index (χ0) is 15.1. The lowest BCUT2D eigenvalue weighted by atomic mass is 9.90. The van der Waals surface area contributed by atoms with Crippen LogP contribution in [0.5, 0.6) is 0 Å². The van der Waals surface area contributed by atoms with Crippen LogP contribution in [0.3, 0.4) is 0 Å². The van der Waals surface area contributed by atoms with E-state index in [4.69, 9.17) is 11.6 Å². The van der Waals surface area contributed by atoms with Crippen molar-refractivity contribution in [3.63, 3.8) is 0 Å². The number of allylic oxidation sites excluding steroid dienone is 2. The largest absolute Gasteiger partial charge is 0.328 e. The molecule has 0 aliphatic heterocycles. The van der Waals surface area contributed by atoms with Crippen molar-refractivity contribution < 1.29 is 0 Å². The van der Waals surface area contributed by atoms with E-state index in [9.17, 15) is 4.79 Å². The van der Waals surface area contributed by atoms with Crippen LogP contribution in [-0.2, 0) is 0 Å². The lowest BCUT2D eigenvalue weighted by Gasteiger charge is -2.15. The maximum absolute atomic E-state index is 12.4. The first kappa shape index (κ1) is 13.6. The number of fused-ring (bicyclic) bond motifs is 3. The van der Waals surface area contributed by atoms with Gasteiger partial charge in [-0.1, -0.05) is 35.9 Å². The lowest BCUT2D eigenvalue weighted by molar-refractivity contribution is 0.742. The molecule has 2 aromatic carbocycles. The van der Waals surface area contributed by atoms with Crippen LogP contribution < -0.4 is 5.56 Å². The first-order valence-electron chi connectivity index (χ1n) is 7.67. The number of halogens is 1. The highest BCUT2D eigenvalue weighted by Crippen LogP contribution is 2.33. The highest BCUT2D eigenvalue weighted by molar-refractivity contribution is 6.31. The molecular weight excluding hydrogens is 294 g/mol. The lowest BCUT2D eigenvalue weighted by Crippen LogP contribution is -2.08. The van der Waals surface area contributed by atoms with Crippen LogP contribution in [0.1, 0.15) is 31.2 Å². The Morgan fingerprint density at radius 3 is 2.73 bits per heavy atom. The normalized spacial score (nSPS) is 15.2. The topological polar surface area (TPSA) is 32.9 Å². The third kappa shape index (κ3) is 2.15. The van der Waals surface area contributed by atoms with Gasteiger partial charge in [0, 0.05) is 16.8 Å². The maximum Gasteiger partial charge on any atom is 0.256 e. The monoisotopic (exact) mass is 309 g/mol. The van der Waals surface area contributed by atoms with Crippen LogP contribution >= 0.6 is 11.6 Å². The molecule has 0 atom stereocenters. The summed E-state index contributed by atoms with van der Waals surface area (Å²) in [4.78, 5) is 15.3. The van der Waals surface area contributed by atoms with Gasteiger partial charge in [0.15, 0.2) is 0 Å². The van der Waals surface area contributed by atoms with Crippen molar-refractivity contribution in [1.82, 2.24) is 4.98 Å². The smallest absolute Gasteiger partial charge is 0.256 e. The van der Waals surface area contributed by atoms with Crippen LogP contribution in [-0.4, -0.2) is 4.98 Å². The standard InChI is InChI=1S/C19H16ClNO/c20-14-8-6-13-7-9-15-17(12-4-2-1-3-5-12)11-21-19(22)18(15)16(13)10-14/h4,6-11H,1-3,5H2,(H,21,22). The number of hydrogen-bond donors (Lipinski definition) is 1. The summed E-state index contributed by atoms with van der Waals surface area (Å²) in [6.07, 6.45) is 8.83. The predicted molar refractivity (Wildman–Crippen MR) is 93.5 cm³/mol. The van der Waals surface area contributed by atoms with Gasteiger partial charge in [0.25, 0.3) is 5.56 Å². The number of benzene rings is 2. The summed E-state index contributed by atoms with van der Waals surface area (Å²) in [5, 5.41) is 4.37. The second-order valence-corrected chi connectivity index (χ2v) is 6.30. The van der Waals surface area contributed by atoms with Gasteiger partial charge in [-0.2, -0.15) is 0 Å². The Morgan fingerprint density at radius 2 is 1.91 bits per heavy atom. The minimum absolute atomic E-state index is 0.0528. The number of hydrogen-bond acceptors (Lipinski definition) is 1. The van der Waals surface area contributed by atoms with Gasteiger partial charge in [-0.25, -0.2) is 0 Å². The molecular formula is C19H16ClNO. The van der Waals surface area contributed by atoms with Crippen LogP contribution in [0.4, 0.5) is 0 Å². The molecule has 1 aromatic heterocycles. The van der Waals surface area contributed by atoms with Gasteiger partial charge in [0.1, 0.15) is 0 Å². The summed E-state index contributed by atoms with van der Waals surface area (Å²) in [5.41, 5.74) is 2.44. The number of pyridine rings is 1. The van der Waals surface area contributed by atoms with E-state index in [0.717, 1.165) is 39.9 Å². The summed E-state index contributed by atoms with van der Waals surface area (Å²) >= 11 is 6.14. The molecule has 0 fully saturated rings. The van der Waals surface area contributed by atoms with E-state index in [2.05, 4.69) is 23.2 Å². The van der Waals surface area contributed by atoms with Gasteiger partial charge in [-0.05, 0) is 59.5 Å². The van der Waals surface area contributed by atoms with Crippen molar-refractivity contribution in [3.05, 3.63) is 63.5 Å². The van der Waals surface area contributed by atoms with E-state index in [-0.39, 0.29) is 5.56 Å². The van der Waals surface area contributed by atoms with Crippen molar-refractivity contribution >= 4 is 38.7 Å². The first-order valence-corrected chi connectivity index (χ1v) is 8.05. The van der Waals surface area contributed by atoms with Crippen LogP contribution in [0.25, 0.3) is 27.1 Å². The van der Waals surface area contributed by atoms with E-state index >= 15 is 0 Å². The molecule has 0 unspecified atom stereocenters. The molecule has 4 rings (SSSR count). The summed E-state index contributed by atoms with van der Waals surface area (Å²) < 4.78 is 0. The third-order valence-corrected chi connectivity index (χ3v) is 4.72. The van der Waals surface area contributed by atoms with Crippen molar-refractivity contribution in [1.29, 1.82) is 0 Å².